The van der Waals surface area contributed by atoms with Gasteiger partial charge in [0.05, 0.1) is 33.4 Å². The average molecular weight is 395 g/mol. The van der Waals surface area contributed by atoms with E-state index in [1.54, 1.807) is 16.2 Å². The number of thiazole rings is 1. The van der Waals surface area contributed by atoms with Crippen LogP contribution in [0, 0.1) is 12.8 Å². The van der Waals surface area contributed by atoms with Gasteiger partial charge in [0.15, 0.2) is 0 Å². The number of rotatable bonds is 5. The van der Waals surface area contributed by atoms with Gasteiger partial charge in [-0.15, -0.1) is 11.3 Å². The van der Waals surface area contributed by atoms with E-state index in [-0.39, 0.29) is 18.2 Å². The molecule has 28 heavy (non-hydrogen) atoms. The number of aryl methyl sites for hydroxylation is 1. The van der Waals surface area contributed by atoms with Gasteiger partial charge < -0.3 is 15.0 Å². The highest BCUT2D eigenvalue weighted by Crippen LogP contribution is 2.33. The summed E-state index contributed by atoms with van der Waals surface area (Å²) in [5.74, 6) is 0.0395. The van der Waals surface area contributed by atoms with Crippen molar-refractivity contribution in [3.8, 4) is 5.75 Å². The highest BCUT2D eigenvalue weighted by atomic mass is 32.1. The zero-order valence-corrected chi connectivity index (χ0v) is 16.6. The molecule has 1 fully saturated rings. The lowest BCUT2D eigenvalue weighted by Crippen LogP contribution is -2.28. The van der Waals surface area contributed by atoms with Crippen molar-refractivity contribution in [2.24, 2.45) is 5.92 Å². The number of hydrogen-bond acceptors (Lipinski definition) is 5. The molecule has 7 heteroatoms. The van der Waals surface area contributed by atoms with E-state index in [2.05, 4.69) is 10.3 Å². The van der Waals surface area contributed by atoms with Crippen molar-refractivity contribution in [1.29, 1.82) is 0 Å². The average Bonchev–Trinajstić information content (AvgIpc) is 3.24. The Kier molecular flexibility index (Phi) is 5.00. The molecule has 1 atom stereocenters. The number of nitrogens with zero attached hydrogens (tertiary/aromatic N) is 2. The highest BCUT2D eigenvalue weighted by Gasteiger charge is 2.36. The van der Waals surface area contributed by atoms with E-state index in [9.17, 15) is 9.59 Å². The molecule has 1 saturated heterocycles. The van der Waals surface area contributed by atoms with Crippen LogP contribution in [0.3, 0.4) is 0 Å². The molecule has 3 aromatic rings. The molecule has 1 N–H and O–H groups in total. The molecule has 4 rings (SSSR count). The van der Waals surface area contributed by atoms with Gasteiger partial charge in [0.1, 0.15) is 5.75 Å². The Bertz CT molecular complexity index is 1050. The van der Waals surface area contributed by atoms with Crippen molar-refractivity contribution >= 4 is 44.7 Å². The molecule has 0 unspecified atom stereocenters. The molecule has 144 valence electrons. The fourth-order valence-corrected chi connectivity index (χ4v) is 4.30. The van der Waals surface area contributed by atoms with Gasteiger partial charge in [-0.3, -0.25) is 9.59 Å². The third kappa shape index (κ3) is 3.57. The van der Waals surface area contributed by atoms with E-state index in [1.807, 2.05) is 56.3 Å². The monoisotopic (exact) mass is 395 g/mol. The lowest BCUT2D eigenvalue weighted by atomic mass is 10.1. The fraction of sp³-hybridized carbons (Fsp3) is 0.286. The summed E-state index contributed by atoms with van der Waals surface area (Å²) in [4.78, 5) is 31.4. The summed E-state index contributed by atoms with van der Waals surface area (Å²) in [6, 6.07) is 13.1. The van der Waals surface area contributed by atoms with E-state index >= 15 is 0 Å². The lowest BCUT2D eigenvalue weighted by molar-refractivity contribution is -0.122. The molecule has 6 nitrogen and oxygen atoms in total. The molecule has 1 aliphatic heterocycles. The summed E-state index contributed by atoms with van der Waals surface area (Å²) in [5, 5.41) is 3.94. The summed E-state index contributed by atoms with van der Waals surface area (Å²) in [6.07, 6.45) is 0.189. The zero-order chi connectivity index (χ0) is 19.7. The number of nitrogens with one attached hydrogen (secondary N) is 1. The van der Waals surface area contributed by atoms with Crippen LogP contribution < -0.4 is 15.0 Å². The molecular weight excluding hydrogens is 374 g/mol. The van der Waals surface area contributed by atoms with Crippen LogP contribution in [0.15, 0.2) is 42.5 Å². The normalized spacial score (nSPS) is 16.6. The molecular formula is C21H21N3O3S. The molecule has 2 heterocycles. The largest absolute Gasteiger partial charge is 0.492 e. The van der Waals surface area contributed by atoms with Crippen molar-refractivity contribution in [3.05, 3.63) is 47.5 Å². The zero-order valence-electron chi connectivity index (χ0n) is 15.8. The topological polar surface area (TPSA) is 71.5 Å². The Balaban J connectivity index is 1.49. The summed E-state index contributed by atoms with van der Waals surface area (Å²) < 4.78 is 6.67. The van der Waals surface area contributed by atoms with Crippen LogP contribution in [0.1, 0.15) is 18.4 Å². The van der Waals surface area contributed by atoms with E-state index in [4.69, 9.17) is 4.74 Å². The van der Waals surface area contributed by atoms with Crippen LogP contribution in [0.2, 0.25) is 0 Å². The number of carbonyl (C=O) groups excluding carboxylic acids is 2. The minimum atomic E-state index is -0.402. The van der Waals surface area contributed by atoms with Gasteiger partial charge in [0, 0.05) is 18.7 Å². The van der Waals surface area contributed by atoms with Gasteiger partial charge in [0.25, 0.3) is 0 Å². The number of anilines is 2. The van der Waals surface area contributed by atoms with Crippen molar-refractivity contribution in [1.82, 2.24) is 4.98 Å². The quantitative estimate of drug-likeness (QED) is 0.709. The number of ether oxygens (including phenoxy) is 1. The predicted octanol–water partition coefficient (Wildman–Crippen LogP) is 4.00. The second-order valence-electron chi connectivity index (χ2n) is 6.71. The Morgan fingerprint density at radius 1 is 1.32 bits per heavy atom. The number of amides is 2. The minimum absolute atomic E-state index is 0.0687. The first kappa shape index (κ1) is 18.4. The van der Waals surface area contributed by atoms with Crippen LogP contribution >= 0.6 is 11.3 Å². The maximum atomic E-state index is 12.8. The van der Waals surface area contributed by atoms with E-state index < -0.39 is 5.92 Å². The highest BCUT2D eigenvalue weighted by molar-refractivity contribution is 7.18. The first-order valence-electron chi connectivity index (χ1n) is 9.25. The molecule has 2 amide bonds. The SMILES string of the molecule is CCOc1ccccc1N1C[C@@H](C(=O)Nc2ccc3nc(C)sc3c2)CC1=O. The third-order valence-corrected chi connectivity index (χ3v) is 5.65. The van der Waals surface area contributed by atoms with Crippen LogP contribution in [0.25, 0.3) is 10.2 Å². The predicted molar refractivity (Wildman–Crippen MR) is 111 cm³/mol. The lowest BCUT2D eigenvalue weighted by Gasteiger charge is -2.20. The fourth-order valence-electron chi connectivity index (χ4n) is 3.44. The number of carbonyl (C=O) groups is 2. The molecule has 0 saturated carbocycles. The van der Waals surface area contributed by atoms with Gasteiger partial charge in [-0.2, -0.15) is 0 Å². The number of hydrogen-bond donors (Lipinski definition) is 1. The molecule has 0 spiro atoms. The Hall–Kier alpha value is -2.93. The second kappa shape index (κ2) is 7.59. The molecule has 1 aliphatic rings. The Morgan fingerprint density at radius 2 is 2.14 bits per heavy atom. The van der Waals surface area contributed by atoms with Crippen LogP contribution in [-0.4, -0.2) is 29.9 Å². The van der Waals surface area contributed by atoms with Crippen LogP contribution in [0.5, 0.6) is 5.75 Å². The number of aromatic nitrogens is 1. The van der Waals surface area contributed by atoms with Gasteiger partial charge in [-0.25, -0.2) is 4.98 Å². The number of para-hydroxylation sites is 2. The number of fused-ring (bicyclic) bond motifs is 1. The van der Waals surface area contributed by atoms with Gasteiger partial charge >= 0.3 is 0 Å². The third-order valence-electron chi connectivity index (χ3n) is 4.71. The van der Waals surface area contributed by atoms with E-state index in [0.717, 1.165) is 20.9 Å². The van der Waals surface area contributed by atoms with Gasteiger partial charge in [0.2, 0.25) is 11.8 Å². The van der Waals surface area contributed by atoms with Crippen molar-refractivity contribution in [2.75, 3.05) is 23.4 Å². The maximum Gasteiger partial charge on any atom is 0.229 e. The molecule has 0 aliphatic carbocycles. The standard InChI is InChI=1S/C21H21N3O3S/c1-3-27-18-7-5-4-6-17(18)24-12-14(10-20(24)25)21(26)23-15-8-9-16-19(11-15)28-13(2)22-16/h4-9,11,14H,3,10,12H2,1-2H3,(H,23,26)/t14-/m0/s1. The minimum Gasteiger partial charge on any atom is -0.492 e. The molecule has 2 aromatic carbocycles. The van der Waals surface area contributed by atoms with Crippen molar-refractivity contribution in [2.45, 2.75) is 20.3 Å². The Labute approximate surface area is 167 Å². The van der Waals surface area contributed by atoms with Crippen molar-refractivity contribution in [3.63, 3.8) is 0 Å². The first-order valence-corrected chi connectivity index (χ1v) is 10.1. The summed E-state index contributed by atoms with van der Waals surface area (Å²) in [5.41, 5.74) is 2.36. The number of benzene rings is 2. The molecule has 1 aromatic heterocycles. The smallest absolute Gasteiger partial charge is 0.229 e. The van der Waals surface area contributed by atoms with Crippen LogP contribution in [0.4, 0.5) is 11.4 Å². The molecule has 0 bridgehead atoms. The van der Waals surface area contributed by atoms with Gasteiger partial charge in [-0.05, 0) is 44.2 Å². The molecule has 0 radical (unpaired) electrons. The van der Waals surface area contributed by atoms with E-state index in [1.165, 1.54) is 0 Å². The van der Waals surface area contributed by atoms with E-state index in [0.29, 0.717) is 24.6 Å². The maximum absolute atomic E-state index is 12.8. The van der Waals surface area contributed by atoms with Crippen LogP contribution in [-0.2, 0) is 9.59 Å². The summed E-state index contributed by atoms with van der Waals surface area (Å²) >= 11 is 1.59. The Morgan fingerprint density at radius 3 is 2.96 bits per heavy atom. The van der Waals surface area contributed by atoms with Gasteiger partial charge in [-0.1, -0.05) is 12.1 Å². The summed E-state index contributed by atoms with van der Waals surface area (Å²) in [7, 11) is 0. The first-order chi connectivity index (χ1) is 13.5. The van der Waals surface area contributed by atoms with Crippen molar-refractivity contribution < 1.29 is 14.3 Å². The second-order valence-corrected chi connectivity index (χ2v) is 7.95. The summed E-state index contributed by atoms with van der Waals surface area (Å²) in [6.45, 7) is 4.72.